The van der Waals surface area contributed by atoms with Crippen molar-refractivity contribution in [3.8, 4) is 0 Å². The van der Waals surface area contributed by atoms with Gasteiger partial charge in [-0.05, 0) is 31.0 Å². The van der Waals surface area contributed by atoms with Gasteiger partial charge in [-0.25, -0.2) is 4.79 Å². The van der Waals surface area contributed by atoms with E-state index < -0.39 is 0 Å². The van der Waals surface area contributed by atoms with E-state index in [9.17, 15) is 4.79 Å². The van der Waals surface area contributed by atoms with E-state index in [-0.39, 0.29) is 25.2 Å². The number of nitrogens with zero attached hydrogens (tertiary/aromatic N) is 1. The summed E-state index contributed by atoms with van der Waals surface area (Å²) in [5.74, 6) is 0. The molecule has 0 aliphatic carbocycles. The van der Waals surface area contributed by atoms with Crippen LogP contribution < -0.4 is 5.32 Å². The summed E-state index contributed by atoms with van der Waals surface area (Å²) < 4.78 is 0. The van der Waals surface area contributed by atoms with Gasteiger partial charge in [0, 0.05) is 17.6 Å². The minimum Gasteiger partial charge on any atom is -0.395 e. The standard InChI is InChI=1S/C14H20Cl2N2O2/c1-3-11(4-2)18(7-8-19)14(20)17-13-9-10(15)5-6-12(13)16/h5-6,9,11,19H,3-4,7-8H2,1-2H3,(H,17,20). The number of hydrogen-bond donors (Lipinski definition) is 2. The number of hydrogen-bond acceptors (Lipinski definition) is 2. The number of nitrogens with one attached hydrogen (secondary N) is 1. The summed E-state index contributed by atoms with van der Waals surface area (Å²) >= 11 is 11.9. The lowest BCUT2D eigenvalue weighted by atomic mass is 10.1. The Kier molecular flexibility index (Phi) is 7.13. The fourth-order valence-corrected chi connectivity index (χ4v) is 2.40. The van der Waals surface area contributed by atoms with Gasteiger partial charge in [0.1, 0.15) is 0 Å². The van der Waals surface area contributed by atoms with Crippen LogP contribution in [0.25, 0.3) is 0 Å². The van der Waals surface area contributed by atoms with Crippen molar-refractivity contribution in [1.82, 2.24) is 4.90 Å². The van der Waals surface area contributed by atoms with Gasteiger partial charge in [-0.1, -0.05) is 37.0 Å². The molecule has 4 nitrogen and oxygen atoms in total. The Hall–Kier alpha value is -0.970. The van der Waals surface area contributed by atoms with Crippen LogP contribution in [0, 0.1) is 0 Å². The van der Waals surface area contributed by atoms with Gasteiger partial charge >= 0.3 is 6.03 Å². The van der Waals surface area contributed by atoms with Gasteiger partial charge in [-0.3, -0.25) is 0 Å². The maximum absolute atomic E-state index is 12.3. The van der Waals surface area contributed by atoms with Crippen molar-refractivity contribution in [2.75, 3.05) is 18.5 Å². The first-order valence-corrected chi connectivity index (χ1v) is 7.42. The lowest BCUT2D eigenvalue weighted by Crippen LogP contribution is -2.44. The Balaban J connectivity index is 2.87. The third-order valence-corrected chi connectivity index (χ3v) is 3.72. The molecule has 1 aromatic carbocycles. The zero-order valence-corrected chi connectivity index (χ0v) is 13.2. The maximum atomic E-state index is 12.3. The average molecular weight is 319 g/mol. The number of aliphatic hydroxyl groups excluding tert-OH is 1. The molecule has 0 radical (unpaired) electrons. The average Bonchev–Trinajstić information content (AvgIpc) is 2.43. The Morgan fingerprint density at radius 1 is 1.35 bits per heavy atom. The molecule has 0 unspecified atom stereocenters. The van der Waals surface area contributed by atoms with Crippen LogP contribution in [0.4, 0.5) is 10.5 Å². The van der Waals surface area contributed by atoms with Crippen LogP contribution in [0.1, 0.15) is 26.7 Å². The predicted octanol–water partition coefficient (Wildman–Crippen LogP) is 4.01. The minimum absolute atomic E-state index is 0.0762. The molecule has 0 heterocycles. The number of benzene rings is 1. The van der Waals surface area contributed by atoms with Crippen molar-refractivity contribution in [3.63, 3.8) is 0 Å². The molecular formula is C14H20Cl2N2O2. The first-order valence-electron chi connectivity index (χ1n) is 6.67. The van der Waals surface area contributed by atoms with Gasteiger partial charge in [0.2, 0.25) is 0 Å². The molecule has 0 atom stereocenters. The van der Waals surface area contributed by atoms with Gasteiger partial charge in [-0.15, -0.1) is 0 Å². The van der Waals surface area contributed by atoms with Crippen LogP contribution >= 0.6 is 23.2 Å². The monoisotopic (exact) mass is 318 g/mol. The number of aliphatic hydroxyl groups is 1. The number of urea groups is 1. The normalized spacial score (nSPS) is 10.7. The van der Waals surface area contributed by atoms with Crippen molar-refractivity contribution >= 4 is 34.9 Å². The van der Waals surface area contributed by atoms with Gasteiger partial charge < -0.3 is 15.3 Å². The molecular weight excluding hydrogens is 299 g/mol. The predicted molar refractivity (Wildman–Crippen MR) is 83.6 cm³/mol. The van der Waals surface area contributed by atoms with Crippen LogP contribution in [0.3, 0.4) is 0 Å². The third-order valence-electron chi connectivity index (χ3n) is 3.16. The Morgan fingerprint density at radius 3 is 2.55 bits per heavy atom. The van der Waals surface area contributed by atoms with Gasteiger partial charge in [0.25, 0.3) is 0 Å². The molecule has 1 aromatic rings. The lowest BCUT2D eigenvalue weighted by molar-refractivity contribution is 0.158. The zero-order valence-electron chi connectivity index (χ0n) is 11.7. The fraction of sp³-hybridized carbons (Fsp3) is 0.500. The molecule has 0 aliphatic heterocycles. The first kappa shape index (κ1) is 17.1. The zero-order chi connectivity index (χ0) is 15.1. The second-order valence-electron chi connectivity index (χ2n) is 4.44. The van der Waals surface area contributed by atoms with E-state index in [1.807, 2.05) is 13.8 Å². The van der Waals surface area contributed by atoms with Gasteiger partial charge in [-0.2, -0.15) is 0 Å². The number of halogens is 2. The van der Waals surface area contributed by atoms with Crippen molar-refractivity contribution in [3.05, 3.63) is 28.2 Å². The smallest absolute Gasteiger partial charge is 0.322 e. The second kappa shape index (κ2) is 8.35. The molecule has 20 heavy (non-hydrogen) atoms. The Labute approximate surface area is 129 Å². The highest BCUT2D eigenvalue weighted by atomic mass is 35.5. The number of anilines is 1. The number of amides is 2. The molecule has 0 saturated carbocycles. The molecule has 0 spiro atoms. The van der Waals surface area contributed by atoms with E-state index in [2.05, 4.69) is 5.32 Å². The van der Waals surface area contributed by atoms with Crippen LogP contribution in [0.2, 0.25) is 10.0 Å². The summed E-state index contributed by atoms with van der Waals surface area (Å²) in [5, 5.41) is 12.8. The molecule has 112 valence electrons. The Bertz CT molecular complexity index is 451. The highest BCUT2D eigenvalue weighted by molar-refractivity contribution is 6.35. The minimum atomic E-state index is -0.281. The molecule has 6 heteroatoms. The van der Waals surface area contributed by atoms with Crippen molar-refractivity contribution in [2.24, 2.45) is 0 Å². The topological polar surface area (TPSA) is 52.6 Å². The quantitative estimate of drug-likeness (QED) is 0.832. The van der Waals surface area contributed by atoms with E-state index >= 15 is 0 Å². The van der Waals surface area contributed by atoms with E-state index in [4.69, 9.17) is 28.3 Å². The summed E-state index contributed by atoms with van der Waals surface area (Å²) in [6.07, 6.45) is 1.65. The summed E-state index contributed by atoms with van der Waals surface area (Å²) in [7, 11) is 0. The van der Waals surface area contributed by atoms with E-state index in [0.717, 1.165) is 12.8 Å². The third kappa shape index (κ3) is 4.54. The number of carbonyl (C=O) groups is 1. The molecule has 2 amide bonds. The lowest BCUT2D eigenvalue weighted by Gasteiger charge is -2.30. The second-order valence-corrected chi connectivity index (χ2v) is 5.29. The number of carbonyl (C=O) groups excluding carboxylic acids is 1. The molecule has 0 aliphatic rings. The first-order chi connectivity index (χ1) is 9.53. The highest BCUT2D eigenvalue weighted by Crippen LogP contribution is 2.26. The van der Waals surface area contributed by atoms with Crippen LogP contribution in [-0.2, 0) is 0 Å². The van der Waals surface area contributed by atoms with E-state index in [1.54, 1.807) is 23.1 Å². The van der Waals surface area contributed by atoms with E-state index in [1.165, 1.54) is 0 Å². The van der Waals surface area contributed by atoms with Crippen molar-refractivity contribution < 1.29 is 9.90 Å². The number of rotatable bonds is 6. The van der Waals surface area contributed by atoms with Crippen molar-refractivity contribution in [1.29, 1.82) is 0 Å². The largest absolute Gasteiger partial charge is 0.395 e. The molecule has 2 N–H and O–H groups in total. The SMILES string of the molecule is CCC(CC)N(CCO)C(=O)Nc1cc(Cl)ccc1Cl. The fourth-order valence-electron chi connectivity index (χ4n) is 2.07. The van der Waals surface area contributed by atoms with Gasteiger partial charge in [0.05, 0.1) is 17.3 Å². The van der Waals surface area contributed by atoms with Crippen LogP contribution in [-0.4, -0.2) is 35.2 Å². The van der Waals surface area contributed by atoms with E-state index in [0.29, 0.717) is 15.7 Å². The van der Waals surface area contributed by atoms with Crippen LogP contribution in [0.5, 0.6) is 0 Å². The van der Waals surface area contributed by atoms with Crippen LogP contribution in [0.15, 0.2) is 18.2 Å². The molecule has 0 fully saturated rings. The maximum Gasteiger partial charge on any atom is 0.322 e. The highest BCUT2D eigenvalue weighted by Gasteiger charge is 2.21. The molecule has 0 aromatic heterocycles. The molecule has 0 saturated heterocycles. The van der Waals surface area contributed by atoms with Gasteiger partial charge in [0.15, 0.2) is 0 Å². The summed E-state index contributed by atoms with van der Waals surface area (Å²) in [6.45, 7) is 4.24. The summed E-state index contributed by atoms with van der Waals surface area (Å²) in [4.78, 5) is 13.9. The molecule has 1 rings (SSSR count). The van der Waals surface area contributed by atoms with Crippen molar-refractivity contribution in [2.45, 2.75) is 32.7 Å². The summed E-state index contributed by atoms with van der Waals surface area (Å²) in [5.41, 5.74) is 0.470. The Morgan fingerprint density at radius 2 is 2.00 bits per heavy atom. The summed E-state index contributed by atoms with van der Waals surface area (Å²) in [6, 6.07) is 4.70. The molecule has 0 bridgehead atoms.